The molecule has 0 saturated carbocycles. The third kappa shape index (κ3) is 4.40. The van der Waals surface area contributed by atoms with Gasteiger partial charge in [0.15, 0.2) is 6.61 Å². The maximum Gasteiger partial charge on any atom is 0.343 e. The molecule has 0 saturated heterocycles. The van der Waals surface area contributed by atoms with Crippen LogP contribution in [0.15, 0.2) is 30.3 Å². The highest BCUT2D eigenvalue weighted by Gasteiger charge is 2.00. The second-order valence-electron chi connectivity index (χ2n) is 3.02. The Morgan fingerprint density at radius 1 is 1.38 bits per heavy atom. The van der Waals surface area contributed by atoms with E-state index in [1.54, 1.807) is 12.1 Å². The molecule has 0 fully saturated rings. The van der Waals surface area contributed by atoms with Gasteiger partial charge in [-0.15, -0.1) is 0 Å². The quantitative estimate of drug-likeness (QED) is 0.631. The summed E-state index contributed by atoms with van der Waals surface area (Å²) in [5.74, 6) is 0.966. The van der Waals surface area contributed by atoms with Crippen molar-refractivity contribution in [2.24, 2.45) is 0 Å². The molecule has 0 aliphatic heterocycles. The van der Waals surface area contributed by atoms with Gasteiger partial charge in [0.25, 0.3) is 0 Å². The largest absolute Gasteiger partial charge is 0.482 e. The van der Waals surface area contributed by atoms with Gasteiger partial charge in [0.2, 0.25) is 0 Å². The van der Waals surface area contributed by atoms with Gasteiger partial charge in [-0.05, 0) is 17.7 Å². The predicted octanol–water partition coefficient (Wildman–Crippen LogP) is 2.18. The first-order valence-corrected chi connectivity index (χ1v) is 5.46. The molecule has 0 amide bonds. The molecule has 0 bridgehead atoms. The molecular weight excluding hydrogens is 224 g/mol. The molecule has 1 aromatic rings. The van der Waals surface area contributed by atoms with Crippen molar-refractivity contribution in [1.82, 2.24) is 0 Å². The van der Waals surface area contributed by atoms with E-state index in [0.29, 0.717) is 11.5 Å². The van der Waals surface area contributed by atoms with E-state index in [4.69, 9.17) is 4.74 Å². The minimum absolute atomic E-state index is 0.0671. The van der Waals surface area contributed by atoms with Crippen LogP contribution in [0, 0.1) is 0 Å². The number of rotatable bonds is 5. The summed E-state index contributed by atoms with van der Waals surface area (Å²) >= 11 is 4.08. The van der Waals surface area contributed by atoms with Crippen LogP contribution in [-0.2, 0) is 9.53 Å². The summed E-state index contributed by atoms with van der Waals surface area (Å²) in [5, 5.41) is 0. The number of carbonyl (C=O) groups is 1. The Kier molecular flexibility index (Phi) is 5.50. The summed E-state index contributed by atoms with van der Waals surface area (Å²) in [6.45, 7) is -0.0671. The van der Waals surface area contributed by atoms with Gasteiger partial charge in [0.1, 0.15) is 5.75 Å². The molecule has 0 aliphatic rings. The van der Waals surface area contributed by atoms with Crippen LogP contribution in [0.5, 0.6) is 5.75 Å². The number of thiol groups is 1. The van der Waals surface area contributed by atoms with Crippen LogP contribution >= 0.6 is 12.6 Å². The normalized spacial score (nSPS) is 10.4. The summed E-state index contributed by atoms with van der Waals surface area (Å²) in [5.41, 5.74) is 1.07. The fourth-order valence-electron chi connectivity index (χ4n) is 1.07. The van der Waals surface area contributed by atoms with E-state index in [9.17, 15) is 4.79 Å². The smallest absolute Gasteiger partial charge is 0.343 e. The van der Waals surface area contributed by atoms with Crippen molar-refractivity contribution in [1.29, 1.82) is 0 Å². The van der Waals surface area contributed by atoms with Gasteiger partial charge < -0.3 is 9.47 Å². The van der Waals surface area contributed by atoms with Crippen LogP contribution in [0.4, 0.5) is 0 Å². The Bertz CT molecular complexity index is 357. The molecule has 1 rings (SSSR count). The van der Waals surface area contributed by atoms with Crippen LogP contribution in [0.3, 0.4) is 0 Å². The minimum atomic E-state index is -0.390. The fraction of sp³-hybridized carbons (Fsp3) is 0.250. The van der Waals surface area contributed by atoms with E-state index < -0.39 is 0 Å². The molecule has 0 spiro atoms. The highest BCUT2D eigenvalue weighted by atomic mass is 32.1. The Balaban J connectivity index is 2.51. The van der Waals surface area contributed by atoms with Crippen LogP contribution in [0.1, 0.15) is 5.56 Å². The lowest BCUT2D eigenvalue weighted by molar-refractivity contribution is -0.142. The molecule has 0 N–H and O–H groups in total. The summed E-state index contributed by atoms with van der Waals surface area (Å²) in [6, 6.07) is 7.43. The van der Waals surface area contributed by atoms with Gasteiger partial charge in [-0.2, -0.15) is 12.6 Å². The molecule has 0 heterocycles. The van der Waals surface area contributed by atoms with Gasteiger partial charge in [0, 0.05) is 5.75 Å². The van der Waals surface area contributed by atoms with E-state index in [-0.39, 0.29) is 12.6 Å². The average Bonchev–Trinajstić information content (AvgIpc) is 2.34. The number of ether oxygens (including phenoxy) is 2. The van der Waals surface area contributed by atoms with Crippen molar-refractivity contribution in [3.8, 4) is 5.75 Å². The average molecular weight is 238 g/mol. The second kappa shape index (κ2) is 6.95. The van der Waals surface area contributed by atoms with E-state index >= 15 is 0 Å². The van der Waals surface area contributed by atoms with Crippen LogP contribution in [0.2, 0.25) is 0 Å². The first-order chi connectivity index (χ1) is 7.76. The summed E-state index contributed by atoms with van der Waals surface area (Å²) in [6.07, 6.45) is 3.92. The van der Waals surface area contributed by atoms with Crippen molar-refractivity contribution in [3.63, 3.8) is 0 Å². The molecule has 3 nitrogen and oxygen atoms in total. The molecule has 4 heteroatoms. The summed E-state index contributed by atoms with van der Waals surface area (Å²) in [7, 11) is 1.33. The van der Waals surface area contributed by atoms with Crippen LogP contribution in [0.25, 0.3) is 6.08 Å². The number of methoxy groups -OCH3 is 1. The van der Waals surface area contributed by atoms with E-state index in [1.165, 1.54) is 7.11 Å². The number of hydrogen-bond acceptors (Lipinski definition) is 4. The van der Waals surface area contributed by atoms with E-state index in [2.05, 4.69) is 17.4 Å². The number of esters is 1. The molecule has 0 atom stereocenters. The van der Waals surface area contributed by atoms with Crippen LogP contribution in [-0.4, -0.2) is 25.4 Å². The van der Waals surface area contributed by atoms with Crippen molar-refractivity contribution in [3.05, 3.63) is 35.9 Å². The maximum atomic E-state index is 10.8. The maximum absolute atomic E-state index is 10.8. The van der Waals surface area contributed by atoms with Crippen molar-refractivity contribution >= 4 is 24.7 Å². The third-order valence-electron chi connectivity index (χ3n) is 1.88. The summed E-state index contributed by atoms with van der Waals surface area (Å²) in [4.78, 5) is 10.8. The number of carbonyl (C=O) groups excluding carboxylic acids is 1. The Morgan fingerprint density at radius 3 is 2.62 bits per heavy atom. The van der Waals surface area contributed by atoms with Crippen molar-refractivity contribution in [2.45, 2.75) is 0 Å². The van der Waals surface area contributed by atoms with Gasteiger partial charge in [0.05, 0.1) is 7.11 Å². The highest BCUT2D eigenvalue weighted by Crippen LogP contribution is 2.13. The second-order valence-corrected chi connectivity index (χ2v) is 3.38. The summed E-state index contributed by atoms with van der Waals surface area (Å²) < 4.78 is 9.67. The monoisotopic (exact) mass is 238 g/mol. The standard InChI is InChI=1S/C12H14O3S/c1-14-12(13)9-15-11-6-4-10(5-7-11)3-2-8-16/h2-7,16H,8-9H2,1H3. The molecule has 0 aliphatic carbocycles. The Morgan fingerprint density at radius 2 is 2.06 bits per heavy atom. The number of benzene rings is 1. The SMILES string of the molecule is COC(=O)COc1ccc(C=CCS)cc1. The van der Waals surface area contributed by atoms with Gasteiger partial charge in [-0.3, -0.25) is 0 Å². The topological polar surface area (TPSA) is 35.5 Å². The zero-order chi connectivity index (χ0) is 11.8. The van der Waals surface area contributed by atoms with E-state index in [0.717, 1.165) is 5.56 Å². The molecule has 0 radical (unpaired) electrons. The lowest BCUT2D eigenvalue weighted by Crippen LogP contribution is -2.12. The lowest BCUT2D eigenvalue weighted by atomic mass is 10.2. The van der Waals surface area contributed by atoms with Gasteiger partial charge >= 0.3 is 5.97 Å². The Labute approximate surface area is 100 Å². The first-order valence-electron chi connectivity index (χ1n) is 4.83. The zero-order valence-corrected chi connectivity index (χ0v) is 9.94. The van der Waals surface area contributed by atoms with Gasteiger partial charge in [-0.25, -0.2) is 4.79 Å². The molecular formula is C12H14O3S. The lowest BCUT2D eigenvalue weighted by Gasteiger charge is -2.04. The first kappa shape index (κ1) is 12.6. The number of hydrogen-bond donors (Lipinski definition) is 1. The van der Waals surface area contributed by atoms with E-state index in [1.807, 2.05) is 24.3 Å². The molecule has 86 valence electrons. The predicted molar refractivity (Wildman–Crippen MR) is 66.8 cm³/mol. The zero-order valence-electron chi connectivity index (χ0n) is 9.05. The molecule has 16 heavy (non-hydrogen) atoms. The van der Waals surface area contributed by atoms with Crippen LogP contribution < -0.4 is 4.74 Å². The fourth-order valence-corrected chi connectivity index (χ4v) is 1.17. The highest BCUT2D eigenvalue weighted by molar-refractivity contribution is 7.80. The molecule has 0 unspecified atom stereocenters. The molecule has 1 aromatic carbocycles. The molecule has 0 aromatic heterocycles. The Hall–Kier alpha value is -1.42. The minimum Gasteiger partial charge on any atom is -0.482 e. The third-order valence-corrected chi connectivity index (χ3v) is 2.09. The van der Waals surface area contributed by atoms with Crippen molar-refractivity contribution in [2.75, 3.05) is 19.5 Å². The van der Waals surface area contributed by atoms with Gasteiger partial charge in [-0.1, -0.05) is 24.3 Å². The van der Waals surface area contributed by atoms with Crippen molar-refractivity contribution < 1.29 is 14.3 Å².